The Balaban J connectivity index is 2.42. The Labute approximate surface area is 177 Å². The molecule has 0 aromatic heterocycles. The lowest BCUT2D eigenvalue weighted by molar-refractivity contribution is -0.112. The van der Waals surface area contributed by atoms with Gasteiger partial charge in [0.2, 0.25) is 0 Å². The summed E-state index contributed by atoms with van der Waals surface area (Å²) in [7, 11) is 1.54. The zero-order valence-electron chi connectivity index (χ0n) is 17.6. The maximum atomic E-state index is 12.7. The van der Waals surface area contributed by atoms with E-state index in [4.69, 9.17) is 9.47 Å². The van der Waals surface area contributed by atoms with Gasteiger partial charge in [-0.3, -0.25) is 4.79 Å². The van der Waals surface area contributed by atoms with Gasteiger partial charge in [0, 0.05) is 11.3 Å². The molecule has 0 spiro atoms. The highest BCUT2D eigenvalue weighted by molar-refractivity contribution is 6.10. The van der Waals surface area contributed by atoms with E-state index in [1.807, 2.05) is 44.2 Å². The molecule has 0 saturated heterocycles. The van der Waals surface area contributed by atoms with Crippen molar-refractivity contribution in [2.24, 2.45) is 0 Å². The quantitative estimate of drug-likeness (QED) is 0.358. The third-order valence-corrected chi connectivity index (χ3v) is 4.61. The van der Waals surface area contributed by atoms with Crippen molar-refractivity contribution in [1.82, 2.24) is 0 Å². The number of ether oxygens (including phenoxy) is 2. The summed E-state index contributed by atoms with van der Waals surface area (Å²) in [6.07, 6.45) is 5.48. The number of amides is 1. The molecular weight excluding hydrogens is 376 g/mol. The molecule has 0 aliphatic heterocycles. The Hall–Kier alpha value is -3.78. The fraction of sp³-hybridized carbons (Fsp3) is 0.200. The van der Waals surface area contributed by atoms with E-state index in [9.17, 15) is 10.1 Å². The van der Waals surface area contributed by atoms with E-state index in [1.54, 1.807) is 25.3 Å². The van der Waals surface area contributed by atoms with Crippen LogP contribution >= 0.6 is 0 Å². The first kappa shape index (κ1) is 22.5. The van der Waals surface area contributed by atoms with Crippen molar-refractivity contribution in [3.05, 3.63) is 83.5 Å². The van der Waals surface area contributed by atoms with Gasteiger partial charge in [0.25, 0.3) is 5.91 Å². The smallest absolute Gasteiger partial charge is 0.266 e. The minimum absolute atomic E-state index is 0.0118. The number of nitrogens with zero attached hydrogens (tertiary/aromatic N) is 1. The van der Waals surface area contributed by atoms with Crippen LogP contribution in [-0.2, 0) is 11.2 Å². The van der Waals surface area contributed by atoms with Crippen LogP contribution in [0.25, 0.3) is 6.08 Å². The maximum Gasteiger partial charge on any atom is 0.266 e. The van der Waals surface area contributed by atoms with Crippen LogP contribution in [0.5, 0.6) is 11.5 Å². The van der Waals surface area contributed by atoms with Crippen molar-refractivity contribution in [2.45, 2.75) is 20.3 Å². The van der Waals surface area contributed by atoms with Crippen LogP contribution in [0.4, 0.5) is 5.69 Å². The summed E-state index contributed by atoms with van der Waals surface area (Å²) in [5.74, 6) is 0.630. The summed E-state index contributed by atoms with van der Waals surface area (Å²) in [6.45, 7) is 11.7. The topological polar surface area (TPSA) is 71.3 Å². The lowest BCUT2D eigenvalue weighted by atomic mass is 10.0. The molecule has 0 heterocycles. The first-order chi connectivity index (χ1) is 14.4. The lowest BCUT2D eigenvalue weighted by Crippen LogP contribution is -2.14. The molecule has 0 unspecified atom stereocenters. The van der Waals surface area contributed by atoms with Gasteiger partial charge < -0.3 is 14.8 Å². The van der Waals surface area contributed by atoms with Crippen molar-refractivity contribution >= 4 is 17.7 Å². The predicted octanol–water partition coefficient (Wildman–Crippen LogP) is 5.15. The molecule has 154 valence electrons. The molecule has 1 amide bonds. The van der Waals surface area contributed by atoms with Crippen LogP contribution in [0, 0.1) is 25.2 Å². The number of methoxy groups -OCH3 is 1. The van der Waals surface area contributed by atoms with Gasteiger partial charge in [-0.1, -0.05) is 30.9 Å². The van der Waals surface area contributed by atoms with Gasteiger partial charge in [0.05, 0.1) is 7.11 Å². The Morgan fingerprint density at radius 2 is 2.00 bits per heavy atom. The zero-order valence-corrected chi connectivity index (χ0v) is 17.6. The van der Waals surface area contributed by atoms with E-state index in [0.717, 1.165) is 16.7 Å². The van der Waals surface area contributed by atoms with E-state index in [-0.39, 0.29) is 5.57 Å². The first-order valence-corrected chi connectivity index (χ1v) is 9.50. The summed E-state index contributed by atoms with van der Waals surface area (Å²) in [5, 5.41) is 12.4. The van der Waals surface area contributed by atoms with Crippen LogP contribution in [0.3, 0.4) is 0 Å². The Bertz CT molecular complexity index is 1030. The molecule has 5 nitrogen and oxygen atoms in total. The number of carbonyl (C=O) groups excluding carboxylic acids is 1. The largest absolute Gasteiger partial charge is 0.493 e. The number of hydrogen-bond acceptors (Lipinski definition) is 4. The number of hydrogen-bond donors (Lipinski definition) is 1. The molecule has 0 aliphatic rings. The van der Waals surface area contributed by atoms with Crippen LogP contribution in [0.15, 0.2) is 61.2 Å². The van der Waals surface area contributed by atoms with Crippen molar-refractivity contribution in [3.8, 4) is 17.6 Å². The highest BCUT2D eigenvalue weighted by Gasteiger charge is 2.15. The third-order valence-electron chi connectivity index (χ3n) is 4.61. The fourth-order valence-corrected chi connectivity index (χ4v) is 2.92. The molecule has 2 rings (SSSR count). The number of carbonyl (C=O) groups is 1. The highest BCUT2D eigenvalue weighted by atomic mass is 16.5. The molecule has 0 aliphatic carbocycles. The standard InChI is InChI=1S/C25H26N2O3/c1-6-9-20-13-19(15-23(29-5)24(20)30-12-7-2)14-21(16-26)25(28)27-22-11-8-10-17(3)18(22)4/h6-8,10-11,13-15H,1-2,9,12H2,3-5H3,(H,27,28)/b21-14+. The van der Waals surface area contributed by atoms with Gasteiger partial charge in [-0.25, -0.2) is 0 Å². The minimum Gasteiger partial charge on any atom is -0.493 e. The summed E-state index contributed by atoms with van der Waals surface area (Å²) < 4.78 is 11.2. The van der Waals surface area contributed by atoms with Crippen LogP contribution in [0.1, 0.15) is 22.3 Å². The molecule has 0 fully saturated rings. The van der Waals surface area contributed by atoms with E-state index in [0.29, 0.717) is 35.8 Å². The second-order valence-corrected chi connectivity index (χ2v) is 6.68. The maximum absolute atomic E-state index is 12.7. The second-order valence-electron chi connectivity index (χ2n) is 6.68. The summed E-state index contributed by atoms with van der Waals surface area (Å²) in [5.41, 5.74) is 4.18. The van der Waals surface area contributed by atoms with E-state index < -0.39 is 5.91 Å². The normalized spacial score (nSPS) is 10.7. The monoisotopic (exact) mass is 402 g/mol. The summed E-state index contributed by atoms with van der Waals surface area (Å²) >= 11 is 0. The van der Waals surface area contributed by atoms with Gasteiger partial charge >= 0.3 is 0 Å². The minimum atomic E-state index is -0.470. The average Bonchev–Trinajstić information content (AvgIpc) is 2.74. The van der Waals surface area contributed by atoms with Gasteiger partial charge in [-0.05, 0) is 61.2 Å². The van der Waals surface area contributed by atoms with E-state index >= 15 is 0 Å². The predicted molar refractivity (Wildman–Crippen MR) is 121 cm³/mol. The molecule has 5 heteroatoms. The zero-order chi connectivity index (χ0) is 22.1. The number of anilines is 1. The molecule has 1 N–H and O–H groups in total. The summed E-state index contributed by atoms with van der Waals surface area (Å²) in [6, 6.07) is 11.2. The number of allylic oxidation sites excluding steroid dienone is 1. The van der Waals surface area contributed by atoms with Gasteiger partial charge in [-0.2, -0.15) is 5.26 Å². The Morgan fingerprint density at radius 1 is 1.23 bits per heavy atom. The number of nitriles is 1. The van der Waals surface area contributed by atoms with Crippen LogP contribution in [0.2, 0.25) is 0 Å². The van der Waals surface area contributed by atoms with E-state index in [2.05, 4.69) is 18.5 Å². The van der Waals surface area contributed by atoms with Crippen molar-refractivity contribution in [2.75, 3.05) is 19.0 Å². The van der Waals surface area contributed by atoms with Crippen LogP contribution in [-0.4, -0.2) is 19.6 Å². The highest BCUT2D eigenvalue weighted by Crippen LogP contribution is 2.34. The average molecular weight is 402 g/mol. The molecule has 2 aromatic carbocycles. The number of aryl methyl sites for hydroxylation is 1. The van der Waals surface area contributed by atoms with Gasteiger partial charge in [-0.15, -0.1) is 6.58 Å². The van der Waals surface area contributed by atoms with E-state index in [1.165, 1.54) is 6.08 Å². The number of rotatable bonds is 9. The summed E-state index contributed by atoms with van der Waals surface area (Å²) in [4.78, 5) is 12.7. The Morgan fingerprint density at radius 3 is 2.63 bits per heavy atom. The molecule has 0 saturated carbocycles. The molecule has 30 heavy (non-hydrogen) atoms. The van der Waals surface area contributed by atoms with Crippen molar-refractivity contribution < 1.29 is 14.3 Å². The van der Waals surface area contributed by atoms with Gasteiger partial charge in [0.1, 0.15) is 18.2 Å². The fourth-order valence-electron chi connectivity index (χ4n) is 2.92. The third kappa shape index (κ3) is 5.39. The van der Waals surface area contributed by atoms with Crippen molar-refractivity contribution in [1.29, 1.82) is 5.26 Å². The number of nitrogens with one attached hydrogen (secondary N) is 1. The number of benzene rings is 2. The van der Waals surface area contributed by atoms with Crippen LogP contribution < -0.4 is 14.8 Å². The SMILES string of the molecule is C=CCOc1c(CC=C)cc(/C=C(\C#N)C(=O)Nc2cccc(C)c2C)cc1OC. The second kappa shape index (κ2) is 10.7. The molecule has 0 bridgehead atoms. The molecule has 0 atom stereocenters. The first-order valence-electron chi connectivity index (χ1n) is 9.50. The lowest BCUT2D eigenvalue weighted by Gasteiger charge is -2.15. The molecule has 0 radical (unpaired) electrons. The van der Waals surface area contributed by atoms with Crippen molar-refractivity contribution in [3.63, 3.8) is 0 Å². The molecular formula is C25H26N2O3. The Kier molecular flexibility index (Phi) is 8.01. The van der Waals surface area contributed by atoms with Gasteiger partial charge in [0.15, 0.2) is 11.5 Å². The molecule has 2 aromatic rings.